The van der Waals surface area contributed by atoms with Crippen molar-refractivity contribution in [3.8, 4) is 11.5 Å². The van der Waals surface area contributed by atoms with E-state index in [2.05, 4.69) is 5.32 Å². The molecule has 1 aromatic heterocycles. The lowest BCUT2D eigenvalue weighted by molar-refractivity contribution is -0.146. The van der Waals surface area contributed by atoms with E-state index in [1.54, 1.807) is 6.26 Å². The van der Waals surface area contributed by atoms with E-state index in [1.165, 1.54) is 6.42 Å². The number of nitrogens with one attached hydrogen (secondary N) is 1. The Morgan fingerprint density at radius 3 is 2.69 bits per heavy atom. The van der Waals surface area contributed by atoms with Gasteiger partial charge in [-0.1, -0.05) is 12.5 Å². The molecule has 7 heteroatoms. The van der Waals surface area contributed by atoms with Crippen molar-refractivity contribution in [2.75, 3.05) is 6.79 Å². The monoisotopic (exact) mass is 475 g/mol. The first kappa shape index (κ1) is 22.0. The van der Waals surface area contributed by atoms with Gasteiger partial charge in [0.15, 0.2) is 17.3 Å². The maximum atomic E-state index is 13.6. The highest BCUT2D eigenvalue weighted by Crippen LogP contribution is 2.47. The van der Waals surface area contributed by atoms with Crippen LogP contribution in [-0.2, 0) is 14.3 Å². The van der Waals surface area contributed by atoms with E-state index in [1.807, 2.05) is 37.3 Å². The standard InChI is InChI=1S/C28H29NO6/c1-16-25(28(31)35-19-6-3-2-4-7-19)26(17-9-10-23-24(14-17)34-15-33-23)27-20(29-16)12-18(13-21(27)30)22-8-5-11-32-22/h5,8-11,14,18-19,26,29H,2-4,6-7,12-13,15H2,1H3/t18-,26-/m1/s1. The van der Waals surface area contributed by atoms with Crippen LogP contribution in [0.15, 0.2) is 63.6 Å². The molecule has 3 heterocycles. The van der Waals surface area contributed by atoms with E-state index in [0.29, 0.717) is 35.5 Å². The van der Waals surface area contributed by atoms with Gasteiger partial charge < -0.3 is 23.9 Å². The fourth-order valence-electron chi connectivity index (χ4n) is 5.86. The van der Waals surface area contributed by atoms with Gasteiger partial charge in [-0.2, -0.15) is 0 Å². The summed E-state index contributed by atoms with van der Waals surface area (Å²) < 4.78 is 22.7. The number of fused-ring (bicyclic) bond motifs is 1. The molecule has 1 N–H and O–H groups in total. The van der Waals surface area contributed by atoms with Crippen LogP contribution in [0.3, 0.4) is 0 Å². The smallest absolute Gasteiger partial charge is 0.337 e. The number of carbonyl (C=O) groups excluding carboxylic acids is 2. The number of hydrogen-bond acceptors (Lipinski definition) is 7. The van der Waals surface area contributed by atoms with Gasteiger partial charge in [-0.25, -0.2) is 4.79 Å². The van der Waals surface area contributed by atoms with Crippen molar-refractivity contribution < 1.29 is 28.2 Å². The summed E-state index contributed by atoms with van der Waals surface area (Å²) >= 11 is 0. The molecule has 6 rings (SSSR count). The molecule has 0 saturated heterocycles. The zero-order chi connectivity index (χ0) is 23.9. The van der Waals surface area contributed by atoms with Crippen molar-refractivity contribution in [3.05, 3.63) is 70.5 Å². The molecule has 1 saturated carbocycles. The molecular formula is C28H29NO6. The molecule has 0 bridgehead atoms. The van der Waals surface area contributed by atoms with Crippen LogP contribution in [0.5, 0.6) is 11.5 Å². The Bertz CT molecular complexity index is 1220. The van der Waals surface area contributed by atoms with Gasteiger partial charge in [0.05, 0.1) is 11.8 Å². The molecule has 0 unspecified atom stereocenters. The van der Waals surface area contributed by atoms with Crippen molar-refractivity contribution in [1.82, 2.24) is 5.32 Å². The minimum atomic E-state index is -0.526. The first-order chi connectivity index (χ1) is 17.1. The van der Waals surface area contributed by atoms with Crippen LogP contribution in [0, 0.1) is 0 Å². The third-order valence-electron chi connectivity index (χ3n) is 7.55. The lowest BCUT2D eigenvalue weighted by Crippen LogP contribution is -2.37. The topological polar surface area (TPSA) is 87.0 Å². The number of benzene rings is 1. The number of carbonyl (C=O) groups is 2. The van der Waals surface area contributed by atoms with Crippen molar-refractivity contribution >= 4 is 11.8 Å². The van der Waals surface area contributed by atoms with E-state index in [9.17, 15) is 9.59 Å². The highest BCUT2D eigenvalue weighted by atomic mass is 16.7. The van der Waals surface area contributed by atoms with Crippen LogP contribution in [0.2, 0.25) is 0 Å². The van der Waals surface area contributed by atoms with Crippen molar-refractivity contribution in [2.24, 2.45) is 0 Å². The van der Waals surface area contributed by atoms with Gasteiger partial charge in [0.2, 0.25) is 6.79 Å². The number of ether oxygens (including phenoxy) is 3. The summed E-state index contributed by atoms with van der Waals surface area (Å²) in [6, 6.07) is 9.41. The summed E-state index contributed by atoms with van der Waals surface area (Å²) in [5.74, 6) is 1.19. The average Bonchev–Trinajstić information content (AvgIpc) is 3.55. The molecule has 182 valence electrons. The Balaban J connectivity index is 1.40. The normalized spacial score (nSPS) is 24.3. The van der Waals surface area contributed by atoms with Crippen molar-refractivity contribution in [1.29, 1.82) is 0 Å². The predicted octanol–water partition coefficient (Wildman–Crippen LogP) is 5.25. The molecule has 7 nitrogen and oxygen atoms in total. The number of Topliss-reactive ketones (excluding diaryl/α,β-unsaturated/α-hetero) is 1. The number of esters is 1. The Hall–Kier alpha value is -3.48. The van der Waals surface area contributed by atoms with E-state index < -0.39 is 5.92 Å². The summed E-state index contributed by atoms with van der Waals surface area (Å²) in [5.41, 5.74) is 3.52. The van der Waals surface area contributed by atoms with Crippen molar-refractivity contribution in [2.45, 2.75) is 69.8 Å². The van der Waals surface area contributed by atoms with Gasteiger partial charge in [0, 0.05) is 35.2 Å². The summed E-state index contributed by atoms with van der Waals surface area (Å²) in [7, 11) is 0. The molecule has 2 aliphatic heterocycles. The second-order valence-corrected chi connectivity index (χ2v) is 9.81. The third-order valence-corrected chi connectivity index (χ3v) is 7.55. The van der Waals surface area contributed by atoms with E-state index >= 15 is 0 Å². The number of furan rings is 1. The fraction of sp³-hybridized carbons (Fsp3) is 0.429. The summed E-state index contributed by atoms with van der Waals surface area (Å²) in [4.78, 5) is 27.2. The maximum Gasteiger partial charge on any atom is 0.337 e. The van der Waals surface area contributed by atoms with Crippen LogP contribution < -0.4 is 14.8 Å². The second-order valence-electron chi connectivity index (χ2n) is 9.81. The lowest BCUT2D eigenvalue weighted by atomic mass is 9.72. The molecule has 1 fully saturated rings. The number of ketones is 1. The number of allylic oxidation sites excluding steroid dienone is 3. The van der Waals surface area contributed by atoms with Crippen LogP contribution in [0.1, 0.15) is 75.0 Å². The molecular weight excluding hydrogens is 446 g/mol. The highest BCUT2D eigenvalue weighted by molar-refractivity contribution is 6.04. The van der Waals surface area contributed by atoms with Gasteiger partial charge in [-0.3, -0.25) is 4.79 Å². The highest BCUT2D eigenvalue weighted by Gasteiger charge is 2.42. The molecule has 1 aromatic carbocycles. The summed E-state index contributed by atoms with van der Waals surface area (Å²) in [5, 5.41) is 3.40. The van der Waals surface area contributed by atoms with Crippen LogP contribution in [0.4, 0.5) is 0 Å². The number of dihydropyridines is 1. The number of hydrogen-bond donors (Lipinski definition) is 1. The zero-order valence-electron chi connectivity index (χ0n) is 19.8. The van der Waals surface area contributed by atoms with Crippen LogP contribution >= 0.6 is 0 Å². The molecule has 2 atom stereocenters. The minimum Gasteiger partial charge on any atom is -0.469 e. The first-order valence-corrected chi connectivity index (χ1v) is 12.5. The second kappa shape index (κ2) is 8.95. The van der Waals surface area contributed by atoms with E-state index in [4.69, 9.17) is 18.6 Å². The van der Waals surface area contributed by atoms with Crippen molar-refractivity contribution in [3.63, 3.8) is 0 Å². The molecule has 2 aromatic rings. The quantitative estimate of drug-likeness (QED) is 0.605. The maximum absolute atomic E-state index is 13.6. The van der Waals surface area contributed by atoms with E-state index in [0.717, 1.165) is 48.4 Å². The third kappa shape index (κ3) is 4.03. The zero-order valence-corrected chi connectivity index (χ0v) is 19.8. The van der Waals surface area contributed by atoms with E-state index in [-0.39, 0.29) is 30.6 Å². The fourth-order valence-corrected chi connectivity index (χ4v) is 5.86. The largest absolute Gasteiger partial charge is 0.469 e. The summed E-state index contributed by atoms with van der Waals surface area (Å²) in [6.45, 7) is 2.05. The predicted molar refractivity (Wildman–Crippen MR) is 127 cm³/mol. The lowest BCUT2D eigenvalue weighted by Gasteiger charge is -2.36. The average molecular weight is 476 g/mol. The Kier molecular flexibility index (Phi) is 5.63. The molecule has 0 spiro atoms. The van der Waals surface area contributed by atoms with Gasteiger partial charge in [0.1, 0.15) is 11.9 Å². The molecule has 0 amide bonds. The van der Waals surface area contributed by atoms with Gasteiger partial charge >= 0.3 is 5.97 Å². The molecule has 2 aliphatic carbocycles. The molecule has 0 radical (unpaired) electrons. The Morgan fingerprint density at radius 1 is 1.06 bits per heavy atom. The van der Waals surface area contributed by atoms with Crippen LogP contribution in [0.25, 0.3) is 0 Å². The van der Waals surface area contributed by atoms with Gasteiger partial charge in [0.25, 0.3) is 0 Å². The SMILES string of the molecule is CC1=C(C(=O)OC2CCCCC2)[C@@H](c2ccc3c(c2)OCO3)C2=C(C[C@@H](c3ccco3)CC2=O)N1. The first-order valence-electron chi connectivity index (χ1n) is 12.5. The Morgan fingerprint density at radius 2 is 1.89 bits per heavy atom. The Labute approximate surface area is 204 Å². The summed E-state index contributed by atoms with van der Waals surface area (Å²) in [6.07, 6.45) is 7.63. The number of rotatable bonds is 4. The molecule has 4 aliphatic rings. The van der Waals surface area contributed by atoms with Gasteiger partial charge in [-0.05, 0) is 68.9 Å². The molecule has 35 heavy (non-hydrogen) atoms. The van der Waals surface area contributed by atoms with Crippen LogP contribution in [-0.4, -0.2) is 24.6 Å². The minimum absolute atomic E-state index is 0.0123. The van der Waals surface area contributed by atoms with Gasteiger partial charge in [-0.15, -0.1) is 0 Å².